The molecule has 1 aliphatic rings. The van der Waals surface area contributed by atoms with Crippen LogP contribution in [0, 0.1) is 11.8 Å². The molecule has 0 spiro atoms. The van der Waals surface area contributed by atoms with Gasteiger partial charge in [-0.15, -0.1) is 0 Å². The van der Waals surface area contributed by atoms with Crippen molar-refractivity contribution in [3.63, 3.8) is 0 Å². The predicted octanol–water partition coefficient (Wildman–Crippen LogP) is 1.39. The SMILES string of the molecule is CCN(C(C)(C)C(=O)O)S(=O)(=O)N1CC(C)CC(C)C1. The fourth-order valence-corrected chi connectivity index (χ4v) is 5.03. The van der Waals surface area contributed by atoms with E-state index in [9.17, 15) is 18.3 Å². The van der Waals surface area contributed by atoms with Gasteiger partial charge in [0.15, 0.2) is 0 Å². The molecule has 20 heavy (non-hydrogen) atoms. The van der Waals surface area contributed by atoms with Gasteiger partial charge in [0, 0.05) is 19.6 Å². The second-order valence-corrected chi connectivity index (χ2v) is 8.15. The minimum absolute atomic E-state index is 0.140. The highest BCUT2D eigenvalue weighted by molar-refractivity contribution is 7.86. The molecule has 1 saturated heterocycles. The Morgan fingerprint density at radius 3 is 2.10 bits per heavy atom. The summed E-state index contributed by atoms with van der Waals surface area (Å²) in [4.78, 5) is 11.4. The number of likely N-dealkylation sites (N-methyl/N-ethyl adjacent to an activating group) is 1. The second kappa shape index (κ2) is 5.99. The van der Waals surface area contributed by atoms with E-state index in [1.54, 1.807) is 6.92 Å². The van der Waals surface area contributed by atoms with E-state index in [2.05, 4.69) is 0 Å². The zero-order chi connectivity index (χ0) is 15.7. The fraction of sp³-hybridized carbons (Fsp3) is 0.923. The van der Waals surface area contributed by atoms with Crippen molar-refractivity contribution in [3.8, 4) is 0 Å². The molecule has 0 radical (unpaired) electrons. The van der Waals surface area contributed by atoms with Crippen LogP contribution in [0.5, 0.6) is 0 Å². The van der Waals surface area contributed by atoms with Gasteiger partial charge in [-0.25, -0.2) is 0 Å². The van der Waals surface area contributed by atoms with Crippen LogP contribution in [0.1, 0.15) is 41.0 Å². The number of carboxylic acid groups (broad SMARTS) is 1. The predicted molar refractivity (Wildman–Crippen MR) is 77.5 cm³/mol. The Kier molecular flexibility index (Phi) is 5.21. The van der Waals surface area contributed by atoms with Crippen LogP contribution in [-0.2, 0) is 15.0 Å². The highest BCUT2D eigenvalue weighted by atomic mass is 32.2. The summed E-state index contributed by atoms with van der Waals surface area (Å²) < 4.78 is 28.0. The molecular formula is C13H26N2O4S. The third-order valence-corrected chi connectivity index (χ3v) is 6.10. The highest BCUT2D eigenvalue weighted by Crippen LogP contribution is 2.28. The number of nitrogens with zero attached hydrogens (tertiary/aromatic N) is 2. The minimum Gasteiger partial charge on any atom is -0.480 e. The van der Waals surface area contributed by atoms with E-state index in [4.69, 9.17) is 0 Å². The van der Waals surface area contributed by atoms with Crippen LogP contribution in [0.25, 0.3) is 0 Å². The maximum absolute atomic E-state index is 12.7. The number of rotatable bonds is 5. The van der Waals surface area contributed by atoms with Gasteiger partial charge >= 0.3 is 5.97 Å². The summed E-state index contributed by atoms with van der Waals surface area (Å²) in [5, 5.41) is 9.28. The van der Waals surface area contributed by atoms with Crippen LogP contribution in [0.15, 0.2) is 0 Å². The van der Waals surface area contributed by atoms with E-state index >= 15 is 0 Å². The zero-order valence-electron chi connectivity index (χ0n) is 13.0. The molecule has 1 heterocycles. The molecule has 0 aromatic rings. The van der Waals surface area contributed by atoms with Gasteiger partial charge in [0.25, 0.3) is 10.2 Å². The molecular weight excluding hydrogens is 280 g/mol. The molecule has 2 unspecified atom stereocenters. The Morgan fingerprint density at radius 2 is 1.75 bits per heavy atom. The Labute approximate surface area is 121 Å². The Balaban J connectivity index is 3.10. The molecule has 1 aliphatic heterocycles. The number of carboxylic acids is 1. The lowest BCUT2D eigenvalue weighted by Gasteiger charge is -2.40. The van der Waals surface area contributed by atoms with Crippen LogP contribution in [0.3, 0.4) is 0 Å². The van der Waals surface area contributed by atoms with E-state index in [0.717, 1.165) is 10.7 Å². The summed E-state index contributed by atoms with van der Waals surface area (Å²) in [6, 6.07) is 0. The quantitative estimate of drug-likeness (QED) is 0.832. The topological polar surface area (TPSA) is 77.9 Å². The molecule has 2 atom stereocenters. The number of hydrogen-bond acceptors (Lipinski definition) is 3. The molecule has 1 fully saturated rings. The third-order valence-electron chi connectivity index (χ3n) is 3.87. The van der Waals surface area contributed by atoms with Gasteiger partial charge in [-0.2, -0.15) is 17.0 Å². The average molecular weight is 306 g/mol. The average Bonchev–Trinajstić information content (AvgIpc) is 2.27. The number of aliphatic carboxylic acids is 1. The van der Waals surface area contributed by atoms with Crippen molar-refractivity contribution >= 4 is 16.2 Å². The molecule has 7 heteroatoms. The Morgan fingerprint density at radius 1 is 1.30 bits per heavy atom. The van der Waals surface area contributed by atoms with Gasteiger partial charge < -0.3 is 5.11 Å². The van der Waals surface area contributed by atoms with Crippen LogP contribution in [0.4, 0.5) is 0 Å². The summed E-state index contributed by atoms with van der Waals surface area (Å²) in [6.45, 7) is 9.62. The van der Waals surface area contributed by atoms with Crippen molar-refractivity contribution in [2.24, 2.45) is 11.8 Å². The van der Waals surface area contributed by atoms with Gasteiger partial charge in [-0.05, 0) is 32.1 Å². The molecule has 0 aromatic carbocycles. The van der Waals surface area contributed by atoms with Crippen molar-refractivity contribution in [2.75, 3.05) is 19.6 Å². The standard InChI is InChI=1S/C13H26N2O4S/c1-6-15(13(4,5)12(16)17)20(18,19)14-8-10(2)7-11(3)9-14/h10-11H,6-9H2,1-5H3,(H,16,17). The van der Waals surface area contributed by atoms with E-state index in [1.165, 1.54) is 18.2 Å². The van der Waals surface area contributed by atoms with Gasteiger partial charge in [-0.3, -0.25) is 4.79 Å². The molecule has 1 rings (SSSR count). The largest absolute Gasteiger partial charge is 0.480 e. The number of piperidine rings is 1. The smallest absolute Gasteiger partial charge is 0.324 e. The molecule has 6 nitrogen and oxygen atoms in total. The van der Waals surface area contributed by atoms with Gasteiger partial charge in [0.2, 0.25) is 0 Å². The number of hydrogen-bond donors (Lipinski definition) is 1. The minimum atomic E-state index is -3.76. The van der Waals surface area contributed by atoms with E-state index in [-0.39, 0.29) is 6.54 Å². The fourth-order valence-electron chi connectivity index (χ4n) is 2.89. The maximum atomic E-state index is 12.7. The van der Waals surface area contributed by atoms with Crippen molar-refractivity contribution < 1.29 is 18.3 Å². The first-order chi connectivity index (χ1) is 9.03. The van der Waals surface area contributed by atoms with Crippen molar-refractivity contribution in [1.82, 2.24) is 8.61 Å². The van der Waals surface area contributed by atoms with E-state index in [0.29, 0.717) is 24.9 Å². The molecule has 1 N–H and O–H groups in total. The van der Waals surface area contributed by atoms with Gasteiger partial charge in [0.1, 0.15) is 5.54 Å². The summed E-state index contributed by atoms with van der Waals surface area (Å²) in [7, 11) is -3.76. The van der Waals surface area contributed by atoms with Crippen molar-refractivity contribution in [3.05, 3.63) is 0 Å². The first kappa shape index (κ1) is 17.4. The van der Waals surface area contributed by atoms with Crippen molar-refractivity contribution in [2.45, 2.75) is 46.6 Å². The maximum Gasteiger partial charge on any atom is 0.324 e. The van der Waals surface area contributed by atoms with Crippen LogP contribution in [-0.4, -0.2) is 53.3 Å². The second-order valence-electron chi connectivity index (χ2n) is 6.30. The van der Waals surface area contributed by atoms with Crippen molar-refractivity contribution in [1.29, 1.82) is 0 Å². The molecule has 0 amide bonds. The molecule has 0 aliphatic carbocycles. The first-order valence-electron chi connectivity index (χ1n) is 7.04. The van der Waals surface area contributed by atoms with Gasteiger partial charge in [-0.1, -0.05) is 20.8 Å². The molecule has 0 bridgehead atoms. The van der Waals surface area contributed by atoms with Crippen LogP contribution in [0.2, 0.25) is 0 Å². The highest BCUT2D eigenvalue weighted by Gasteiger charge is 2.44. The molecule has 118 valence electrons. The first-order valence-corrected chi connectivity index (χ1v) is 8.44. The normalized spacial score (nSPS) is 25.9. The van der Waals surface area contributed by atoms with Gasteiger partial charge in [0.05, 0.1) is 0 Å². The third kappa shape index (κ3) is 3.32. The zero-order valence-corrected chi connectivity index (χ0v) is 13.8. The summed E-state index contributed by atoms with van der Waals surface area (Å²) in [6.07, 6.45) is 1.00. The van der Waals surface area contributed by atoms with Crippen LogP contribution < -0.4 is 0 Å². The molecule has 0 saturated carbocycles. The van der Waals surface area contributed by atoms with Crippen LogP contribution >= 0.6 is 0 Å². The van der Waals surface area contributed by atoms with E-state index in [1.807, 2.05) is 13.8 Å². The summed E-state index contributed by atoms with van der Waals surface area (Å²) in [5.74, 6) is -0.554. The Hall–Kier alpha value is -0.660. The lowest BCUT2D eigenvalue weighted by molar-refractivity contribution is -0.146. The lowest BCUT2D eigenvalue weighted by Crippen LogP contribution is -2.58. The Bertz CT molecular complexity index is 451. The summed E-state index contributed by atoms with van der Waals surface area (Å²) >= 11 is 0. The molecule has 0 aromatic heterocycles. The summed E-state index contributed by atoms with van der Waals surface area (Å²) in [5.41, 5.74) is -1.45. The lowest BCUT2D eigenvalue weighted by atomic mass is 9.94. The number of carbonyl (C=O) groups is 1. The van der Waals surface area contributed by atoms with E-state index < -0.39 is 21.7 Å². The monoisotopic (exact) mass is 306 g/mol.